The van der Waals surface area contributed by atoms with Crippen LogP contribution in [0.4, 0.5) is 0 Å². The first-order chi connectivity index (χ1) is 8.65. The summed E-state index contributed by atoms with van der Waals surface area (Å²) in [6.45, 7) is 2.92. The van der Waals surface area contributed by atoms with Crippen molar-refractivity contribution in [1.82, 2.24) is 4.90 Å². The zero-order valence-corrected chi connectivity index (χ0v) is 12.3. The maximum absolute atomic E-state index is 12.1. The Kier molecular flexibility index (Phi) is 7.25. The molecule has 0 saturated heterocycles. The minimum Gasteiger partial charge on any atom is -0.393 e. The van der Waals surface area contributed by atoms with Crippen LogP contribution in [0.3, 0.4) is 0 Å². The molecule has 104 valence electrons. The molecule has 2 N–H and O–H groups in total. The van der Waals surface area contributed by atoms with Gasteiger partial charge in [0.2, 0.25) is 5.91 Å². The highest BCUT2D eigenvalue weighted by Crippen LogP contribution is 2.27. The largest absolute Gasteiger partial charge is 0.393 e. The summed E-state index contributed by atoms with van der Waals surface area (Å²) in [5.74, 6) is 0.297. The second-order valence-corrected chi connectivity index (χ2v) is 5.72. The van der Waals surface area contributed by atoms with E-state index in [9.17, 15) is 4.79 Å². The number of rotatable bonds is 10. The molecule has 4 heteroatoms. The third-order valence-corrected chi connectivity index (χ3v) is 3.61. The number of hydrogen-bond donors (Lipinski definition) is 1. The van der Waals surface area contributed by atoms with Gasteiger partial charge in [0.15, 0.2) is 0 Å². The first-order valence-electron chi connectivity index (χ1n) is 7.23. The van der Waals surface area contributed by atoms with Crippen molar-refractivity contribution in [3.63, 3.8) is 0 Å². The van der Waals surface area contributed by atoms with E-state index >= 15 is 0 Å². The highest BCUT2D eigenvalue weighted by atomic mass is 32.1. The Hall–Kier alpha value is -0.640. The molecule has 1 saturated carbocycles. The monoisotopic (exact) mass is 270 g/mol. The van der Waals surface area contributed by atoms with E-state index in [0.717, 1.165) is 19.3 Å². The van der Waals surface area contributed by atoms with Crippen molar-refractivity contribution >= 4 is 23.1 Å². The summed E-state index contributed by atoms with van der Waals surface area (Å²) in [5, 5.41) is 0. The van der Waals surface area contributed by atoms with Crippen LogP contribution in [0.5, 0.6) is 0 Å². The molecule has 1 aliphatic rings. The molecule has 3 nitrogen and oxygen atoms in total. The van der Waals surface area contributed by atoms with Gasteiger partial charge in [-0.1, -0.05) is 44.8 Å². The van der Waals surface area contributed by atoms with Crippen molar-refractivity contribution in [3.8, 4) is 0 Å². The summed E-state index contributed by atoms with van der Waals surface area (Å²) in [5.41, 5.74) is 5.51. The van der Waals surface area contributed by atoms with Crippen LogP contribution in [0, 0.1) is 0 Å². The van der Waals surface area contributed by atoms with Gasteiger partial charge in [-0.25, -0.2) is 0 Å². The predicted molar refractivity (Wildman–Crippen MR) is 79.5 cm³/mol. The van der Waals surface area contributed by atoms with Crippen molar-refractivity contribution in [2.45, 2.75) is 70.8 Å². The summed E-state index contributed by atoms with van der Waals surface area (Å²) in [6, 6.07) is 0.475. The first kappa shape index (κ1) is 15.4. The molecule has 18 heavy (non-hydrogen) atoms. The maximum Gasteiger partial charge on any atom is 0.222 e. The number of nitrogens with zero attached hydrogens (tertiary/aromatic N) is 1. The minimum absolute atomic E-state index is 0.297. The van der Waals surface area contributed by atoms with Crippen LogP contribution in [0.1, 0.15) is 64.7 Å². The summed E-state index contributed by atoms with van der Waals surface area (Å²) >= 11 is 4.88. The van der Waals surface area contributed by atoms with E-state index < -0.39 is 0 Å². The zero-order valence-electron chi connectivity index (χ0n) is 11.5. The number of hydrogen-bond acceptors (Lipinski definition) is 2. The van der Waals surface area contributed by atoms with Crippen LogP contribution in [0.25, 0.3) is 0 Å². The van der Waals surface area contributed by atoms with E-state index in [1.54, 1.807) is 0 Å². The minimum atomic E-state index is 0.297. The first-order valence-corrected chi connectivity index (χ1v) is 7.63. The molecule has 1 amide bonds. The van der Waals surface area contributed by atoms with Crippen molar-refractivity contribution in [2.24, 2.45) is 5.73 Å². The standard InChI is InChI=1S/C14H26N2OS/c1-2-3-4-5-6-7-14(17)16(12-8-9-12)11-10-13(15)18/h12H,2-11H2,1H3,(H2,15,18). The number of carbonyl (C=O) groups excluding carboxylic acids is 1. The summed E-state index contributed by atoms with van der Waals surface area (Å²) in [6.07, 6.45) is 9.63. The average molecular weight is 270 g/mol. The fourth-order valence-electron chi connectivity index (χ4n) is 2.15. The van der Waals surface area contributed by atoms with Gasteiger partial charge in [0.25, 0.3) is 0 Å². The molecule has 0 heterocycles. The average Bonchev–Trinajstić information content (AvgIpc) is 3.13. The van der Waals surface area contributed by atoms with Crippen LogP contribution in [-0.4, -0.2) is 28.4 Å². The fourth-order valence-corrected chi connectivity index (χ4v) is 2.24. The van der Waals surface area contributed by atoms with Gasteiger partial charge in [0.1, 0.15) is 0 Å². The number of unbranched alkanes of at least 4 members (excludes halogenated alkanes) is 4. The van der Waals surface area contributed by atoms with E-state index in [1.807, 2.05) is 4.90 Å². The summed E-state index contributed by atoms with van der Waals surface area (Å²) in [4.78, 5) is 14.6. The molecule has 0 spiro atoms. The molecule has 0 radical (unpaired) electrons. The molecule has 0 aromatic rings. The van der Waals surface area contributed by atoms with Crippen molar-refractivity contribution in [3.05, 3.63) is 0 Å². The van der Waals surface area contributed by atoms with Gasteiger partial charge in [-0.3, -0.25) is 4.79 Å². The van der Waals surface area contributed by atoms with E-state index in [4.69, 9.17) is 18.0 Å². The normalized spacial score (nSPS) is 14.5. The Balaban J connectivity index is 2.20. The van der Waals surface area contributed by atoms with Gasteiger partial charge in [0.05, 0.1) is 4.99 Å². The van der Waals surface area contributed by atoms with E-state index in [2.05, 4.69) is 6.92 Å². The van der Waals surface area contributed by atoms with Gasteiger partial charge in [0, 0.05) is 25.4 Å². The van der Waals surface area contributed by atoms with Gasteiger partial charge in [-0.05, 0) is 19.3 Å². The lowest BCUT2D eigenvalue weighted by molar-refractivity contribution is -0.131. The number of nitrogens with two attached hydrogens (primary N) is 1. The third-order valence-electron chi connectivity index (χ3n) is 3.40. The quantitative estimate of drug-likeness (QED) is 0.490. The molecular weight excluding hydrogens is 244 g/mol. The lowest BCUT2D eigenvalue weighted by Gasteiger charge is -2.22. The predicted octanol–water partition coefficient (Wildman–Crippen LogP) is 3.01. The molecular formula is C14H26N2OS. The van der Waals surface area contributed by atoms with Gasteiger partial charge < -0.3 is 10.6 Å². The molecule has 0 aliphatic heterocycles. The molecule has 1 fully saturated rings. The SMILES string of the molecule is CCCCCCCC(=O)N(CCC(N)=S)C1CC1. The summed E-state index contributed by atoms with van der Waals surface area (Å²) in [7, 11) is 0. The lowest BCUT2D eigenvalue weighted by atomic mass is 10.1. The zero-order chi connectivity index (χ0) is 13.4. The van der Waals surface area contributed by atoms with Gasteiger partial charge in [-0.2, -0.15) is 0 Å². The second-order valence-electron chi connectivity index (χ2n) is 5.20. The number of carbonyl (C=O) groups is 1. The second kappa shape index (κ2) is 8.46. The van der Waals surface area contributed by atoms with Crippen molar-refractivity contribution in [2.75, 3.05) is 6.54 Å². The van der Waals surface area contributed by atoms with Crippen LogP contribution >= 0.6 is 12.2 Å². The molecule has 0 unspecified atom stereocenters. The molecule has 0 bridgehead atoms. The topological polar surface area (TPSA) is 46.3 Å². The van der Waals surface area contributed by atoms with Crippen molar-refractivity contribution in [1.29, 1.82) is 0 Å². The Morgan fingerprint density at radius 1 is 1.22 bits per heavy atom. The van der Waals surface area contributed by atoms with E-state index in [-0.39, 0.29) is 0 Å². The van der Waals surface area contributed by atoms with Crippen LogP contribution < -0.4 is 5.73 Å². The van der Waals surface area contributed by atoms with Gasteiger partial charge >= 0.3 is 0 Å². The maximum atomic E-state index is 12.1. The van der Waals surface area contributed by atoms with Crippen LogP contribution in [0.2, 0.25) is 0 Å². The van der Waals surface area contributed by atoms with E-state index in [0.29, 0.717) is 36.3 Å². The molecule has 0 atom stereocenters. The number of amides is 1. The van der Waals surface area contributed by atoms with Crippen LogP contribution in [0.15, 0.2) is 0 Å². The molecule has 0 aromatic carbocycles. The van der Waals surface area contributed by atoms with Gasteiger partial charge in [-0.15, -0.1) is 0 Å². The summed E-state index contributed by atoms with van der Waals surface area (Å²) < 4.78 is 0. The molecule has 1 aliphatic carbocycles. The lowest BCUT2D eigenvalue weighted by Crippen LogP contribution is -2.35. The Morgan fingerprint density at radius 2 is 1.89 bits per heavy atom. The Labute approximate surface area is 116 Å². The Morgan fingerprint density at radius 3 is 2.44 bits per heavy atom. The fraction of sp³-hybridized carbons (Fsp3) is 0.857. The van der Waals surface area contributed by atoms with Crippen molar-refractivity contribution < 1.29 is 4.79 Å². The van der Waals surface area contributed by atoms with E-state index in [1.165, 1.54) is 25.7 Å². The molecule has 1 rings (SSSR count). The molecule has 0 aromatic heterocycles. The third kappa shape index (κ3) is 6.34. The highest BCUT2D eigenvalue weighted by molar-refractivity contribution is 7.80. The van der Waals surface area contributed by atoms with Crippen LogP contribution in [-0.2, 0) is 4.79 Å². The Bertz CT molecular complexity index is 277. The highest BCUT2D eigenvalue weighted by Gasteiger charge is 2.31. The number of thiocarbonyl (C=S) groups is 1. The smallest absolute Gasteiger partial charge is 0.222 e.